The summed E-state index contributed by atoms with van der Waals surface area (Å²) < 4.78 is 0. The van der Waals surface area contributed by atoms with Crippen LogP contribution in [0.4, 0.5) is 5.82 Å². The van der Waals surface area contributed by atoms with Crippen molar-refractivity contribution in [1.82, 2.24) is 4.98 Å². The zero-order chi connectivity index (χ0) is 12.7. The van der Waals surface area contributed by atoms with E-state index in [9.17, 15) is 4.79 Å². The zero-order valence-corrected chi connectivity index (χ0v) is 10.2. The number of anilines is 1. The molecular weight excluding hydrogens is 214 g/mol. The number of pyridine rings is 1. The number of hydrogen-bond acceptors (Lipinski definition) is 3. The maximum atomic E-state index is 11.5. The Bertz CT molecular complexity index is 443. The van der Waals surface area contributed by atoms with Crippen LogP contribution in [0, 0.1) is 17.8 Å². The molecule has 4 heteroatoms. The van der Waals surface area contributed by atoms with Gasteiger partial charge in [0.1, 0.15) is 5.82 Å². The molecule has 4 nitrogen and oxygen atoms in total. The fourth-order valence-electron chi connectivity index (χ4n) is 1.29. The van der Waals surface area contributed by atoms with E-state index in [1.807, 2.05) is 13.8 Å². The maximum absolute atomic E-state index is 11.5. The highest BCUT2D eigenvalue weighted by Crippen LogP contribution is 2.08. The molecule has 0 bridgehead atoms. The van der Waals surface area contributed by atoms with Crippen molar-refractivity contribution in [3.63, 3.8) is 0 Å². The van der Waals surface area contributed by atoms with E-state index in [2.05, 4.69) is 22.1 Å². The molecule has 0 unspecified atom stereocenters. The van der Waals surface area contributed by atoms with Crippen LogP contribution in [-0.2, 0) is 4.79 Å². The fourth-order valence-corrected chi connectivity index (χ4v) is 1.29. The highest BCUT2D eigenvalue weighted by Gasteiger charge is 2.05. The Hall–Kier alpha value is -1.86. The van der Waals surface area contributed by atoms with Gasteiger partial charge in [-0.3, -0.25) is 4.79 Å². The normalized spacial score (nSPS) is 9.65. The second-order valence-corrected chi connectivity index (χ2v) is 4.08. The maximum Gasteiger partial charge on any atom is 0.225 e. The van der Waals surface area contributed by atoms with Crippen LogP contribution < -0.4 is 11.1 Å². The van der Waals surface area contributed by atoms with Gasteiger partial charge in [0.2, 0.25) is 5.91 Å². The van der Waals surface area contributed by atoms with Gasteiger partial charge in [0, 0.05) is 18.2 Å². The van der Waals surface area contributed by atoms with Gasteiger partial charge in [0.25, 0.3) is 0 Å². The SMILES string of the molecule is CC(C)CC(=O)Nc1cc(C#CCN)ccn1. The average Bonchev–Trinajstić information content (AvgIpc) is 2.25. The Kier molecular flexibility index (Phi) is 5.18. The van der Waals surface area contributed by atoms with Gasteiger partial charge in [-0.15, -0.1) is 0 Å². The van der Waals surface area contributed by atoms with E-state index in [0.717, 1.165) is 5.56 Å². The molecule has 17 heavy (non-hydrogen) atoms. The van der Waals surface area contributed by atoms with Crippen molar-refractivity contribution in [2.75, 3.05) is 11.9 Å². The summed E-state index contributed by atoms with van der Waals surface area (Å²) in [5.74, 6) is 6.47. The summed E-state index contributed by atoms with van der Waals surface area (Å²) in [5, 5.41) is 2.74. The van der Waals surface area contributed by atoms with Crippen molar-refractivity contribution in [2.24, 2.45) is 11.7 Å². The molecule has 0 aliphatic rings. The van der Waals surface area contributed by atoms with E-state index in [0.29, 0.717) is 24.7 Å². The average molecular weight is 231 g/mol. The Balaban J connectivity index is 2.68. The summed E-state index contributed by atoms with van der Waals surface area (Å²) >= 11 is 0. The van der Waals surface area contributed by atoms with E-state index < -0.39 is 0 Å². The van der Waals surface area contributed by atoms with Gasteiger partial charge in [0.15, 0.2) is 0 Å². The van der Waals surface area contributed by atoms with Gasteiger partial charge < -0.3 is 11.1 Å². The number of nitrogens with zero attached hydrogens (tertiary/aromatic N) is 1. The number of nitrogens with two attached hydrogens (primary N) is 1. The Morgan fingerprint density at radius 3 is 3.00 bits per heavy atom. The fraction of sp³-hybridized carbons (Fsp3) is 0.385. The van der Waals surface area contributed by atoms with Crippen LogP contribution in [0.2, 0.25) is 0 Å². The second-order valence-electron chi connectivity index (χ2n) is 4.08. The van der Waals surface area contributed by atoms with Crippen molar-refractivity contribution < 1.29 is 4.79 Å². The molecule has 1 heterocycles. The lowest BCUT2D eigenvalue weighted by atomic mass is 10.1. The number of rotatable bonds is 3. The molecule has 0 aromatic carbocycles. The third kappa shape index (κ3) is 5.14. The number of carbonyl (C=O) groups is 1. The van der Waals surface area contributed by atoms with Gasteiger partial charge in [-0.1, -0.05) is 25.7 Å². The van der Waals surface area contributed by atoms with E-state index in [-0.39, 0.29) is 5.91 Å². The van der Waals surface area contributed by atoms with Gasteiger partial charge >= 0.3 is 0 Å². The van der Waals surface area contributed by atoms with Gasteiger partial charge in [-0.05, 0) is 18.1 Å². The third-order valence-electron chi connectivity index (χ3n) is 1.96. The van der Waals surface area contributed by atoms with Crippen LogP contribution >= 0.6 is 0 Å². The lowest BCUT2D eigenvalue weighted by Crippen LogP contribution is -2.14. The molecule has 0 atom stereocenters. The van der Waals surface area contributed by atoms with E-state index in [1.54, 1.807) is 18.3 Å². The molecule has 3 N–H and O–H groups in total. The van der Waals surface area contributed by atoms with Crippen LogP contribution in [0.25, 0.3) is 0 Å². The van der Waals surface area contributed by atoms with Crippen molar-refractivity contribution in [1.29, 1.82) is 0 Å². The summed E-state index contributed by atoms with van der Waals surface area (Å²) in [7, 11) is 0. The number of nitrogens with one attached hydrogen (secondary N) is 1. The first kappa shape index (κ1) is 13.2. The van der Waals surface area contributed by atoms with Crippen molar-refractivity contribution in [3.8, 4) is 11.8 Å². The molecule has 1 rings (SSSR count). The molecule has 1 aromatic heterocycles. The lowest BCUT2D eigenvalue weighted by molar-refractivity contribution is -0.116. The van der Waals surface area contributed by atoms with Crippen molar-refractivity contribution in [3.05, 3.63) is 23.9 Å². The Morgan fingerprint density at radius 1 is 1.59 bits per heavy atom. The molecule has 0 aliphatic heterocycles. The molecule has 0 fully saturated rings. The predicted molar refractivity (Wildman–Crippen MR) is 68.3 cm³/mol. The van der Waals surface area contributed by atoms with Crippen molar-refractivity contribution >= 4 is 11.7 Å². The number of aromatic nitrogens is 1. The first-order chi connectivity index (χ1) is 8.11. The summed E-state index contributed by atoms with van der Waals surface area (Å²) in [6.45, 7) is 4.31. The molecule has 0 spiro atoms. The van der Waals surface area contributed by atoms with E-state index >= 15 is 0 Å². The minimum atomic E-state index is -0.0311. The Morgan fingerprint density at radius 2 is 2.35 bits per heavy atom. The summed E-state index contributed by atoms with van der Waals surface area (Å²) in [6, 6.07) is 3.52. The molecule has 1 amide bonds. The molecule has 0 radical (unpaired) electrons. The highest BCUT2D eigenvalue weighted by atomic mass is 16.1. The predicted octanol–water partition coefficient (Wildman–Crippen LogP) is 1.38. The monoisotopic (exact) mass is 231 g/mol. The zero-order valence-electron chi connectivity index (χ0n) is 10.2. The van der Waals surface area contributed by atoms with Crippen LogP contribution in [0.3, 0.4) is 0 Å². The first-order valence-corrected chi connectivity index (χ1v) is 5.56. The number of amides is 1. The van der Waals surface area contributed by atoms with Crippen LogP contribution in [-0.4, -0.2) is 17.4 Å². The minimum absolute atomic E-state index is 0.0311. The first-order valence-electron chi connectivity index (χ1n) is 5.56. The van der Waals surface area contributed by atoms with Gasteiger partial charge in [-0.2, -0.15) is 0 Å². The second kappa shape index (κ2) is 6.66. The topological polar surface area (TPSA) is 68.0 Å². The van der Waals surface area contributed by atoms with E-state index in [4.69, 9.17) is 5.73 Å². The van der Waals surface area contributed by atoms with E-state index in [1.165, 1.54) is 0 Å². The smallest absolute Gasteiger partial charge is 0.225 e. The molecular formula is C13H17N3O. The molecule has 0 saturated heterocycles. The van der Waals surface area contributed by atoms with Gasteiger partial charge in [0.05, 0.1) is 6.54 Å². The van der Waals surface area contributed by atoms with Crippen LogP contribution in [0.15, 0.2) is 18.3 Å². The molecule has 0 saturated carbocycles. The van der Waals surface area contributed by atoms with Crippen molar-refractivity contribution in [2.45, 2.75) is 20.3 Å². The Labute approximate surface area is 102 Å². The molecule has 1 aromatic rings. The third-order valence-corrected chi connectivity index (χ3v) is 1.96. The number of carbonyl (C=O) groups excluding carboxylic acids is 1. The largest absolute Gasteiger partial charge is 0.320 e. The summed E-state index contributed by atoms with van der Waals surface area (Å²) in [5.41, 5.74) is 6.09. The minimum Gasteiger partial charge on any atom is -0.320 e. The standard InChI is InChI=1S/C13H17N3O/c1-10(2)8-13(17)16-12-9-11(4-3-6-14)5-7-15-12/h5,7,9-10H,6,8,14H2,1-2H3,(H,15,16,17). The summed E-state index contributed by atoms with van der Waals surface area (Å²) in [6.07, 6.45) is 2.10. The highest BCUT2D eigenvalue weighted by molar-refractivity contribution is 5.89. The van der Waals surface area contributed by atoms with Crippen LogP contribution in [0.1, 0.15) is 25.8 Å². The quantitative estimate of drug-likeness (QED) is 0.772. The number of hydrogen-bond donors (Lipinski definition) is 2. The van der Waals surface area contributed by atoms with Gasteiger partial charge in [-0.25, -0.2) is 4.98 Å². The van der Waals surface area contributed by atoms with Crippen LogP contribution in [0.5, 0.6) is 0 Å². The lowest BCUT2D eigenvalue weighted by Gasteiger charge is -2.06. The molecule has 90 valence electrons. The molecule has 0 aliphatic carbocycles. The summed E-state index contributed by atoms with van der Waals surface area (Å²) in [4.78, 5) is 15.6.